The van der Waals surface area contributed by atoms with Gasteiger partial charge in [-0.2, -0.15) is 5.10 Å². The Balaban J connectivity index is 3.13. The first-order valence-electron chi connectivity index (χ1n) is 4.00. The molecule has 0 aliphatic rings. The van der Waals surface area contributed by atoms with Gasteiger partial charge in [-0.1, -0.05) is 0 Å². The summed E-state index contributed by atoms with van der Waals surface area (Å²) >= 11 is 0. The summed E-state index contributed by atoms with van der Waals surface area (Å²) in [5, 5.41) is 3.30. The number of hydrogen-bond donors (Lipinski definition) is 1. The topological polar surface area (TPSA) is 19.7 Å². The third-order valence-corrected chi connectivity index (χ3v) is 1.74. The van der Waals surface area contributed by atoms with Gasteiger partial charge in [0.05, 0.1) is 5.69 Å². The summed E-state index contributed by atoms with van der Waals surface area (Å²) in [7, 11) is 0. The Hall–Kier alpha value is -0.790. The molecule has 0 amide bonds. The average molecular weight is 153 g/mol. The molecule has 0 aliphatic carbocycles. The van der Waals surface area contributed by atoms with Crippen molar-refractivity contribution in [3.63, 3.8) is 0 Å². The molecule has 0 saturated carbocycles. The first-order valence-corrected chi connectivity index (χ1v) is 4.00. The molecule has 1 N–H and O–H groups in total. The molecule has 0 unspecified atom stereocenters. The van der Waals surface area contributed by atoms with Gasteiger partial charge in [0.15, 0.2) is 5.54 Å². The van der Waals surface area contributed by atoms with Crippen LogP contribution in [-0.2, 0) is 5.54 Å². The quantitative estimate of drug-likeness (QED) is 0.547. The van der Waals surface area contributed by atoms with Crippen molar-refractivity contribution in [2.24, 2.45) is 0 Å². The van der Waals surface area contributed by atoms with Gasteiger partial charge in [-0.3, -0.25) is 0 Å². The molecule has 0 aliphatic heterocycles. The largest absolute Gasteiger partial charge is 0.205 e. The summed E-state index contributed by atoms with van der Waals surface area (Å²) < 4.78 is 2.18. The van der Waals surface area contributed by atoms with E-state index in [1.807, 2.05) is 0 Å². The van der Waals surface area contributed by atoms with E-state index < -0.39 is 0 Å². The maximum atomic E-state index is 3.30. The number of aromatic nitrogens is 2. The third-order valence-electron chi connectivity index (χ3n) is 1.74. The van der Waals surface area contributed by atoms with E-state index in [1.165, 1.54) is 11.4 Å². The van der Waals surface area contributed by atoms with Gasteiger partial charge in [-0.05, 0) is 6.92 Å². The number of hydrogen-bond acceptors (Lipinski definition) is 0. The first-order chi connectivity index (χ1) is 4.91. The van der Waals surface area contributed by atoms with E-state index in [0.717, 1.165) is 0 Å². The van der Waals surface area contributed by atoms with E-state index in [1.54, 1.807) is 0 Å². The van der Waals surface area contributed by atoms with Crippen molar-refractivity contribution in [1.82, 2.24) is 5.10 Å². The van der Waals surface area contributed by atoms with Crippen molar-refractivity contribution in [2.45, 2.75) is 40.2 Å². The number of rotatable bonds is 0. The molecule has 0 saturated heterocycles. The summed E-state index contributed by atoms with van der Waals surface area (Å²) in [6.07, 6.45) is 0. The lowest BCUT2D eigenvalue weighted by molar-refractivity contribution is -0.807. The number of H-pyrrole nitrogens is 1. The second-order valence-electron chi connectivity index (χ2n) is 4.09. The Bertz CT molecular complexity index is 253. The molecule has 0 aromatic carbocycles. The number of aromatic amines is 1. The summed E-state index contributed by atoms with van der Waals surface area (Å²) in [6, 6.07) is 2.16. The fraction of sp³-hybridized carbons (Fsp3) is 0.667. The zero-order valence-electron chi connectivity index (χ0n) is 8.02. The van der Waals surface area contributed by atoms with Crippen molar-refractivity contribution in [3.05, 3.63) is 17.5 Å². The Morgan fingerprint density at radius 3 is 2.00 bits per heavy atom. The molecule has 0 bridgehead atoms. The van der Waals surface area contributed by atoms with Gasteiger partial charge in [0.2, 0.25) is 5.69 Å². The second kappa shape index (κ2) is 2.36. The lowest BCUT2D eigenvalue weighted by atomic mass is 10.1. The maximum Gasteiger partial charge on any atom is 0.205 e. The number of nitrogens with one attached hydrogen (secondary N) is 1. The van der Waals surface area contributed by atoms with Crippen molar-refractivity contribution < 1.29 is 4.68 Å². The highest BCUT2D eigenvalue weighted by Gasteiger charge is 2.25. The molecular weight excluding hydrogens is 136 g/mol. The minimum Gasteiger partial charge on any atom is -0.170 e. The van der Waals surface area contributed by atoms with Crippen LogP contribution in [0, 0.1) is 13.8 Å². The van der Waals surface area contributed by atoms with Crippen LogP contribution in [0.4, 0.5) is 0 Å². The highest BCUT2D eigenvalue weighted by atomic mass is 15.3. The van der Waals surface area contributed by atoms with Crippen molar-refractivity contribution in [3.8, 4) is 0 Å². The summed E-state index contributed by atoms with van der Waals surface area (Å²) in [6.45, 7) is 10.8. The van der Waals surface area contributed by atoms with E-state index in [2.05, 4.69) is 50.5 Å². The normalized spacial score (nSPS) is 12.1. The Morgan fingerprint density at radius 1 is 1.27 bits per heavy atom. The van der Waals surface area contributed by atoms with E-state index in [0.29, 0.717) is 0 Å². The minimum absolute atomic E-state index is 0.165. The molecule has 1 heterocycles. The van der Waals surface area contributed by atoms with E-state index in [4.69, 9.17) is 0 Å². The van der Waals surface area contributed by atoms with Crippen LogP contribution in [0.1, 0.15) is 32.2 Å². The van der Waals surface area contributed by atoms with Crippen LogP contribution < -0.4 is 4.68 Å². The van der Waals surface area contributed by atoms with Crippen LogP contribution in [0.25, 0.3) is 0 Å². The van der Waals surface area contributed by atoms with E-state index >= 15 is 0 Å². The Kier molecular flexibility index (Phi) is 1.78. The van der Waals surface area contributed by atoms with Gasteiger partial charge in [0.1, 0.15) is 0 Å². The lowest BCUT2D eigenvalue weighted by Gasteiger charge is -2.10. The predicted molar refractivity (Wildman–Crippen MR) is 45.5 cm³/mol. The molecule has 1 rings (SSSR count). The minimum atomic E-state index is 0.165. The highest BCUT2D eigenvalue weighted by molar-refractivity contribution is 4.99. The SMILES string of the molecule is Cc1cc(C)[n+](C(C)(C)C)[nH]1. The van der Waals surface area contributed by atoms with Crippen LogP contribution in [0.5, 0.6) is 0 Å². The Morgan fingerprint density at radius 2 is 1.82 bits per heavy atom. The van der Waals surface area contributed by atoms with Crippen LogP contribution in [0.3, 0.4) is 0 Å². The van der Waals surface area contributed by atoms with Crippen LogP contribution >= 0.6 is 0 Å². The molecule has 0 atom stereocenters. The zero-order valence-corrected chi connectivity index (χ0v) is 8.02. The molecular formula is C9H17N2+. The molecule has 62 valence electrons. The highest BCUT2D eigenvalue weighted by Crippen LogP contribution is 2.05. The molecule has 1 aromatic rings. The molecule has 2 nitrogen and oxygen atoms in total. The Labute approximate surface area is 68.2 Å². The maximum absolute atomic E-state index is 3.30. The summed E-state index contributed by atoms with van der Waals surface area (Å²) in [5.74, 6) is 0. The summed E-state index contributed by atoms with van der Waals surface area (Å²) in [5.41, 5.74) is 2.67. The van der Waals surface area contributed by atoms with Gasteiger partial charge in [-0.25, -0.2) is 0 Å². The van der Waals surface area contributed by atoms with Gasteiger partial charge in [0, 0.05) is 33.8 Å². The van der Waals surface area contributed by atoms with Crippen molar-refractivity contribution in [2.75, 3.05) is 0 Å². The molecule has 0 fully saturated rings. The number of aryl methyl sites for hydroxylation is 2. The van der Waals surface area contributed by atoms with Crippen molar-refractivity contribution in [1.29, 1.82) is 0 Å². The van der Waals surface area contributed by atoms with E-state index in [-0.39, 0.29) is 5.54 Å². The molecule has 0 radical (unpaired) electrons. The lowest BCUT2D eigenvalue weighted by Crippen LogP contribution is -2.53. The summed E-state index contributed by atoms with van der Waals surface area (Å²) in [4.78, 5) is 0. The molecule has 0 spiro atoms. The van der Waals surface area contributed by atoms with Crippen LogP contribution in [0.15, 0.2) is 6.07 Å². The molecule has 11 heavy (non-hydrogen) atoms. The standard InChI is InChI=1S/C9H16N2/c1-7-6-8(2)11(10-7)9(3,4)5/h6H,1-5H3/p+1. The predicted octanol–water partition coefficient (Wildman–Crippen LogP) is 1.67. The fourth-order valence-electron chi connectivity index (χ4n) is 1.37. The van der Waals surface area contributed by atoms with Gasteiger partial charge in [0.25, 0.3) is 0 Å². The zero-order chi connectivity index (χ0) is 8.65. The number of nitrogens with zero attached hydrogens (tertiary/aromatic N) is 1. The molecule has 1 aromatic heterocycles. The first kappa shape index (κ1) is 8.31. The molecule has 2 heteroatoms. The van der Waals surface area contributed by atoms with Crippen molar-refractivity contribution >= 4 is 0 Å². The van der Waals surface area contributed by atoms with Gasteiger partial charge in [-0.15, -0.1) is 4.68 Å². The monoisotopic (exact) mass is 153 g/mol. The average Bonchev–Trinajstić information content (AvgIpc) is 2.08. The second-order valence-corrected chi connectivity index (χ2v) is 4.09. The fourth-order valence-corrected chi connectivity index (χ4v) is 1.37. The van der Waals surface area contributed by atoms with Crippen LogP contribution in [0.2, 0.25) is 0 Å². The smallest absolute Gasteiger partial charge is 0.170 e. The van der Waals surface area contributed by atoms with Gasteiger partial charge >= 0.3 is 0 Å². The van der Waals surface area contributed by atoms with Crippen LogP contribution in [-0.4, -0.2) is 5.10 Å². The van der Waals surface area contributed by atoms with E-state index in [9.17, 15) is 0 Å². The third kappa shape index (κ3) is 1.62. The van der Waals surface area contributed by atoms with Gasteiger partial charge < -0.3 is 0 Å².